The van der Waals surface area contributed by atoms with E-state index in [2.05, 4.69) is 15.3 Å². The molecule has 0 bridgehead atoms. The number of oxazole rings is 1. The molecule has 0 spiro atoms. The van der Waals surface area contributed by atoms with Crippen LogP contribution in [0.5, 0.6) is 0 Å². The van der Waals surface area contributed by atoms with E-state index in [4.69, 9.17) is 4.42 Å². The highest BCUT2D eigenvalue weighted by atomic mass is 32.1. The Labute approximate surface area is 136 Å². The van der Waals surface area contributed by atoms with Gasteiger partial charge in [0.2, 0.25) is 5.91 Å². The highest BCUT2D eigenvalue weighted by Crippen LogP contribution is 2.27. The quantitative estimate of drug-likeness (QED) is 0.747. The molecule has 1 amide bonds. The van der Waals surface area contributed by atoms with Crippen LogP contribution < -0.4 is 11.1 Å². The number of fused-ring (bicyclic) bond motifs is 1. The molecule has 3 rings (SSSR count). The van der Waals surface area contributed by atoms with Crippen LogP contribution in [0.4, 0.5) is 5.13 Å². The second-order valence-electron chi connectivity index (χ2n) is 5.27. The van der Waals surface area contributed by atoms with Crippen molar-refractivity contribution in [2.75, 3.05) is 5.32 Å². The molecule has 120 valence electrons. The molecule has 0 aliphatic carbocycles. The summed E-state index contributed by atoms with van der Waals surface area (Å²) in [4.78, 5) is 30.4. The summed E-state index contributed by atoms with van der Waals surface area (Å²) in [7, 11) is 0. The first-order chi connectivity index (χ1) is 11.1. The standard InChI is InChI=1S/C16H17N3O3S/c1-3-9(4-2)14(20)19-15-17-12(8-23-15)10-5-6-13-11(7-10)18-16(21)22-13/h5-9H,3-4H2,1-2H3,(H,18,21)(H,17,19,20). The van der Waals surface area contributed by atoms with Crippen molar-refractivity contribution in [1.29, 1.82) is 0 Å². The van der Waals surface area contributed by atoms with Crippen LogP contribution in [0.15, 0.2) is 32.8 Å². The van der Waals surface area contributed by atoms with E-state index in [1.165, 1.54) is 11.3 Å². The Morgan fingerprint density at radius 2 is 2.17 bits per heavy atom. The van der Waals surface area contributed by atoms with Gasteiger partial charge in [-0.2, -0.15) is 0 Å². The minimum absolute atomic E-state index is 0.00511. The molecule has 0 radical (unpaired) electrons. The molecule has 0 unspecified atom stereocenters. The number of benzene rings is 1. The van der Waals surface area contributed by atoms with Gasteiger partial charge in [-0.3, -0.25) is 9.78 Å². The van der Waals surface area contributed by atoms with Crippen LogP contribution in [0.1, 0.15) is 26.7 Å². The van der Waals surface area contributed by atoms with Gasteiger partial charge in [0.15, 0.2) is 10.7 Å². The molecule has 3 aromatic rings. The fourth-order valence-corrected chi connectivity index (χ4v) is 3.16. The van der Waals surface area contributed by atoms with Gasteiger partial charge in [0.1, 0.15) is 0 Å². The Morgan fingerprint density at radius 3 is 2.91 bits per heavy atom. The number of nitrogens with one attached hydrogen (secondary N) is 2. The number of amides is 1. The van der Waals surface area contributed by atoms with Crippen molar-refractivity contribution < 1.29 is 9.21 Å². The SMILES string of the molecule is CCC(CC)C(=O)Nc1nc(-c2ccc3oc(=O)[nH]c3c2)cs1. The van der Waals surface area contributed by atoms with E-state index in [0.29, 0.717) is 16.2 Å². The van der Waals surface area contributed by atoms with Crippen molar-refractivity contribution in [2.24, 2.45) is 5.92 Å². The highest BCUT2D eigenvalue weighted by Gasteiger charge is 2.16. The first-order valence-electron chi connectivity index (χ1n) is 7.50. The van der Waals surface area contributed by atoms with Crippen molar-refractivity contribution in [3.05, 3.63) is 34.1 Å². The largest absolute Gasteiger partial charge is 0.417 e. The Hall–Kier alpha value is -2.41. The summed E-state index contributed by atoms with van der Waals surface area (Å²) in [5, 5.41) is 5.33. The van der Waals surface area contributed by atoms with Crippen molar-refractivity contribution >= 4 is 33.5 Å². The fourth-order valence-electron chi connectivity index (χ4n) is 2.44. The van der Waals surface area contributed by atoms with Crippen LogP contribution in [-0.4, -0.2) is 15.9 Å². The number of H-pyrrole nitrogens is 1. The number of aromatic nitrogens is 2. The minimum atomic E-state index is -0.478. The second kappa shape index (κ2) is 6.37. The lowest BCUT2D eigenvalue weighted by Crippen LogP contribution is -2.21. The van der Waals surface area contributed by atoms with Gasteiger partial charge < -0.3 is 9.73 Å². The van der Waals surface area contributed by atoms with E-state index in [0.717, 1.165) is 24.1 Å². The molecule has 0 aliphatic rings. The molecule has 6 nitrogen and oxygen atoms in total. The summed E-state index contributed by atoms with van der Waals surface area (Å²) >= 11 is 1.38. The van der Waals surface area contributed by atoms with Crippen molar-refractivity contribution in [1.82, 2.24) is 9.97 Å². The number of carbonyl (C=O) groups excluding carboxylic acids is 1. The predicted octanol–water partition coefficient (Wildman–Crippen LogP) is 3.62. The van der Waals surface area contributed by atoms with Crippen molar-refractivity contribution in [3.63, 3.8) is 0 Å². The highest BCUT2D eigenvalue weighted by molar-refractivity contribution is 7.14. The molecule has 0 aliphatic heterocycles. The Kier molecular flexibility index (Phi) is 4.29. The first-order valence-corrected chi connectivity index (χ1v) is 8.38. The third kappa shape index (κ3) is 3.19. The Morgan fingerprint density at radius 1 is 1.39 bits per heavy atom. The Bertz CT molecular complexity index is 889. The smallest absolute Gasteiger partial charge is 0.408 e. The topological polar surface area (TPSA) is 88.0 Å². The zero-order chi connectivity index (χ0) is 16.4. The van der Waals surface area contributed by atoms with E-state index in [1.54, 1.807) is 6.07 Å². The summed E-state index contributed by atoms with van der Waals surface area (Å²) in [6.07, 6.45) is 1.62. The predicted molar refractivity (Wildman–Crippen MR) is 90.6 cm³/mol. The zero-order valence-corrected chi connectivity index (χ0v) is 13.7. The molecule has 0 fully saturated rings. The molecule has 0 saturated heterocycles. The van der Waals surface area contributed by atoms with Gasteiger partial charge in [-0.25, -0.2) is 9.78 Å². The number of carbonyl (C=O) groups is 1. The van der Waals surface area contributed by atoms with Gasteiger partial charge in [0.05, 0.1) is 11.2 Å². The fraction of sp³-hybridized carbons (Fsp3) is 0.312. The molecule has 23 heavy (non-hydrogen) atoms. The van der Waals surface area contributed by atoms with Crippen LogP contribution in [0, 0.1) is 5.92 Å². The number of rotatable bonds is 5. The number of aromatic amines is 1. The molecule has 2 heterocycles. The van der Waals surface area contributed by atoms with Gasteiger partial charge in [-0.15, -0.1) is 11.3 Å². The van der Waals surface area contributed by atoms with Gasteiger partial charge in [-0.05, 0) is 31.0 Å². The van der Waals surface area contributed by atoms with Crippen LogP contribution in [0.25, 0.3) is 22.4 Å². The van der Waals surface area contributed by atoms with Gasteiger partial charge >= 0.3 is 5.76 Å². The van der Waals surface area contributed by atoms with E-state index >= 15 is 0 Å². The van der Waals surface area contributed by atoms with Crippen LogP contribution >= 0.6 is 11.3 Å². The lowest BCUT2D eigenvalue weighted by atomic mass is 10.0. The van der Waals surface area contributed by atoms with Gasteiger partial charge in [0, 0.05) is 16.9 Å². The molecule has 0 atom stereocenters. The molecular formula is C16H17N3O3S. The zero-order valence-electron chi connectivity index (χ0n) is 12.9. The maximum atomic E-state index is 12.1. The third-order valence-corrected chi connectivity index (χ3v) is 4.56. The molecular weight excluding hydrogens is 314 g/mol. The summed E-state index contributed by atoms with van der Waals surface area (Å²) in [5.41, 5.74) is 2.74. The number of hydrogen-bond donors (Lipinski definition) is 2. The number of thiazole rings is 1. The Balaban J connectivity index is 1.82. The second-order valence-corrected chi connectivity index (χ2v) is 6.12. The minimum Gasteiger partial charge on any atom is -0.408 e. The van der Waals surface area contributed by atoms with Crippen molar-refractivity contribution in [3.8, 4) is 11.3 Å². The van der Waals surface area contributed by atoms with Gasteiger partial charge in [-0.1, -0.05) is 13.8 Å². The molecule has 7 heteroatoms. The van der Waals surface area contributed by atoms with E-state index in [9.17, 15) is 9.59 Å². The van der Waals surface area contributed by atoms with E-state index < -0.39 is 5.76 Å². The summed E-state index contributed by atoms with van der Waals surface area (Å²) in [6.45, 7) is 4.00. The summed E-state index contributed by atoms with van der Waals surface area (Å²) < 4.78 is 4.98. The van der Waals surface area contributed by atoms with Gasteiger partial charge in [0.25, 0.3) is 0 Å². The maximum Gasteiger partial charge on any atom is 0.417 e. The number of anilines is 1. The van der Waals surface area contributed by atoms with Crippen molar-refractivity contribution in [2.45, 2.75) is 26.7 Å². The molecule has 1 aromatic carbocycles. The lowest BCUT2D eigenvalue weighted by Gasteiger charge is -2.10. The maximum absolute atomic E-state index is 12.1. The third-order valence-electron chi connectivity index (χ3n) is 3.81. The van der Waals surface area contributed by atoms with Crippen LogP contribution in [0.3, 0.4) is 0 Å². The average Bonchev–Trinajstić information content (AvgIpc) is 3.13. The summed E-state index contributed by atoms with van der Waals surface area (Å²) in [6, 6.07) is 5.37. The van der Waals surface area contributed by atoms with Crippen LogP contribution in [-0.2, 0) is 4.79 Å². The molecule has 2 N–H and O–H groups in total. The number of hydrogen-bond acceptors (Lipinski definition) is 5. The number of nitrogens with zero attached hydrogens (tertiary/aromatic N) is 1. The average molecular weight is 331 g/mol. The van der Waals surface area contributed by atoms with E-state index in [-0.39, 0.29) is 11.8 Å². The molecule has 2 aromatic heterocycles. The van der Waals surface area contributed by atoms with Crippen LogP contribution in [0.2, 0.25) is 0 Å². The normalized spacial score (nSPS) is 11.3. The van der Waals surface area contributed by atoms with E-state index in [1.807, 2.05) is 31.4 Å². The lowest BCUT2D eigenvalue weighted by molar-refractivity contribution is -0.120. The summed E-state index contributed by atoms with van der Waals surface area (Å²) in [5.74, 6) is -0.464. The molecule has 0 saturated carbocycles. The first kappa shape index (κ1) is 15.5. The monoisotopic (exact) mass is 331 g/mol.